The van der Waals surface area contributed by atoms with E-state index in [4.69, 9.17) is 0 Å². The highest BCUT2D eigenvalue weighted by Gasteiger charge is 2.25. The van der Waals surface area contributed by atoms with E-state index in [1.807, 2.05) is 0 Å². The lowest BCUT2D eigenvalue weighted by atomic mass is 9.95. The van der Waals surface area contributed by atoms with Gasteiger partial charge < -0.3 is 18.9 Å². The van der Waals surface area contributed by atoms with Crippen LogP contribution >= 0.6 is 0 Å². The van der Waals surface area contributed by atoms with Gasteiger partial charge in [-0.25, -0.2) is 0 Å². The third kappa shape index (κ3) is 13.2. The molecule has 0 fully saturated rings. The average Bonchev–Trinajstić information content (AvgIpc) is 1.71. The summed E-state index contributed by atoms with van der Waals surface area (Å²) in [5, 5.41) is 5.06. The Bertz CT molecular complexity index is 6600. The molecule has 2 heterocycles. The molecular weight excluding hydrogens is 1350 g/mol. The standard InChI is InChI=1S/2C54H38N2/c1-4-17-39(18-5-1)44-33-36-48(42-21-8-3-9-22-42)54(38-44)55(51-28-13-10-25-47(51)41-19-6-2-7-20-41)45-34-31-40(32-35-45)43-23-16-24-46(37-43)56-52-29-14-11-26-49(52)50-27-12-15-30-53(50)56;1-4-17-39(18-5-1)44-33-36-54(50(38-44)42-21-8-3-9-22-42)55(51-28-13-10-25-47(51)41-19-6-2-7-20-41)45-34-31-40(32-35-45)43-23-16-24-46(37-43)56-52-29-14-11-26-48(52)49-27-12-15-30-53(49)56/h2*1-38H. The summed E-state index contributed by atoms with van der Waals surface area (Å²) in [5.74, 6) is 0. The highest BCUT2D eigenvalue weighted by atomic mass is 15.2. The van der Waals surface area contributed by atoms with Gasteiger partial charge in [0.15, 0.2) is 0 Å². The SMILES string of the molecule is c1ccc(-c2ccc(-c3ccccc3)c(N(c3ccc(-c4cccc(-n5c6ccccc6c6ccccc65)c4)cc3)c3ccccc3-c3ccccc3)c2)cc1.c1ccc(-c2ccc(N(c3ccc(-c4cccc(-n5c6ccccc6c6ccccc65)c4)cc3)c3ccccc3-c3ccccc3)c(-c3ccccc3)c2)cc1. The van der Waals surface area contributed by atoms with Crippen molar-refractivity contribution in [2.75, 3.05) is 9.80 Å². The minimum absolute atomic E-state index is 1.08. The molecule has 20 aromatic rings. The molecule has 20 rings (SSSR count). The summed E-state index contributed by atoms with van der Waals surface area (Å²) in [6.07, 6.45) is 0. The second-order valence-corrected chi connectivity index (χ2v) is 28.3. The molecule has 528 valence electrons. The van der Waals surface area contributed by atoms with Crippen molar-refractivity contribution >= 4 is 77.7 Å². The molecule has 0 atom stereocenters. The Hall–Kier alpha value is -14.8. The summed E-state index contributed by atoms with van der Waals surface area (Å²) in [6, 6.07) is 166. The number of aromatic nitrogens is 2. The molecule has 0 aliphatic rings. The molecule has 0 aliphatic heterocycles. The van der Waals surface area contributed by atoms with Gasteiger partial charge in [0, 0.05) is 66.5 Å². The van der Waals surface area contributed by atoms with Gasteiger partial charge in [-0.3, -0.25) is 0 Å². The van der Waals surface area contributed by atoms with Gasteiger partial charge in [0.2, 0.25) is 0 Å². The highest BCUT2D eigenvalue weighted by Crippen LogP contribution is 2.49. The summed E-state index contributed by atoms with van der Waals surface area (Å²) in [7, 11) is 0. The maximum absolute atomic E-state index is 2.44. The van der Waals surface area contributed by atoms with E-state index in [2.05, 4.69) is 480 Å². The third-order valence-electron chi connectivity index (χ3n) is 21.6. The van der Waals surface area contributed by atoms with Crippen LogP contribution in [0, 0.1) is 0 Å². The largest absolute Gasteiger partial charge is 0.309 e. The summed E-state index contributed by atoms with van der Waals surface area (Å²) < 4.78 is 4.77. The van der Waals surface area contributed by atoms with Gasteiger partial charge in [0.25, 0.3) is 0 Å². The molecule has 0 saturated heterocycles. The molecule has 2 aromatic heterocycles. The zero-order chi connectivity index (χ0) is 74.5. The van der Waals surface area contributed by atoms with Gasteiger partial charge in [-0.05, 0) is 170 Å². The molecule has 112 heavy (non-hydrogen) atoms. The van der Waals surface area contributed by atoms with Gasteiger partial charge >= 0.3 is 0 Å². The topological polar surface area (TPSA) is 16.3 Å². The fourth-order valence-electron chi connectivity index (χ4n) is 16.3. The maximum Gasteiger partial charge on any atom is 0.0546 e. The van der Waals surface area contributed by atoms with Crippen molar-refractivity contribution in [3.05, 3.63) is 461 Å². The van der Waals surface area contributed by atoms with Crippen LogP contribution in [-0.2, 0) is 0 Å². The van der Waals surface area contributed by atoms with Crippen LogP contribution in [0.25, 0.3) is 144 Å². The minimum Gasteiger partial charge on any atom is -0.309 e. The Morgan fingerprint density at radius 3 is 0.795 bits per heavy atom. The van der Waals surface area contributed by atoms with Gasteiger partial charge in [-0.2, -0.15) is 0 Å². The van der Waals surface area contributed by atoms with Gasteiger partial charge in [0.1, 0.15) is 0 Å². The molecule has 0 amide bonds. The molecule has 18 aromatic carbocycles. The van der Waals surface area contributed by atoms with Crippen LogP contribution in [0.1, 0.15) is 0 Å². The first-order valence-electron chi connectivity index (χ1n) is 38.4. The lowest BCUT2D eigenvalue weighted by molar-refractivity contribution is 1.18. The number of benzene rings is 18. The van der Waals surface area contributed by atoms with Crippen molar-refractivity contribution in [2.24, 2.45) is 0 Å². The second kappa shape index (κ2) is 30.4. The summed E-state index contributed by atoms with van der Waals surface area (Å²) >= 11 is 0. The molecule has 0 spiro atoms. The van der Waals surface area contributed by atoms with E-state index in [1.165, 1.54) is 110 Å². The monoisotopic (exact) mass is 1430 g/mol. The number of hydrogen-bond acceptors (Lipinski definition) is 2. The highest BCUT2D eigenvalue weighted by molar-refractivity contribution is 6.11. The third-order valence-corrected chi connectivity index (χ3v) is 21.6. The first kappa shape index (κ1) is 67.7. The number of nitrogens with zero attached hydrogens (tertiary/aromatic N) is 4. The summed E-state index contributed by atoms with van der Waals surface area (Å²) in [6.45, 7) is 0. The fourth-order valence-corrected chi connectivity index (χ4v) is 16.3. The van der Waals surface area contributed by atoms with Crippen LogP contribution in [0.4, 0.5) is 34.1 Å². The summed E-state index contributed by atoms with van der Waals surface area (Å²) in [5.41, 5.74) is 32.5. The van der Waals surface area contributed by atoms with E-state index >= 15 is 0 Å². The van der Waals surface area contributed by atoms with E-state index < -0.39 is 0 Å². The Balaban J connectivity index is 0.000000151. The van der Waals surface area contributed by atoms with Crippen molar-refractivity contribution in [1.29, 1.82) is 0 Å². The normalized spacial score (nSPS) is 11.2. The van der Waals surface area contributed by atoms with Gasteiger partial charge in [-0.15, -0.1) is 0 Å². The number of anilines is 6. The van der Waals surface area contributed by atoms with Crippen LogP contribution in [0.15, 0.2) is 461 Å². The van der Waals surface area contributed by atoms with Crippen molar-refractivity contribution in [3.8, 4) is 100 Å². The van der Waals surface area contributed by atoms with Gasteiger partial charge in [0.05, 0.1) is 44.8 Å². The molecule has 0 aliphatic carbocycles. The molecule has 0 saturated carbocycles. The molecule has 4 heteroatoms. The van der Waals surface area contributed by atoms with E-state index in [1.54, 1.807) is 0 Å². The lowest BCUT2D eigenvalue weighted by Gasteiger charge is -2.30. The number of rotatable bonds is 16. The molecular formula is C108H76N4. The van der Waals surface area contributed by atoms with Crippen LogP contribution in [0.2, 0.25) is 0 Å². The van der Waals surface area contributed by atoms with Crippen molar-refractivity contribution in [1.82, 2.24) is 9.13 Å². The molecule has 0 N–H and O–H groups in total. The first-order chi connectivity index (χ1) is 55.6. The smallest absolute Gasteiger partial charge is 0.0546 e. The van der Waals surface area contributed by atoms with Crippen molar-refractivity contribution in [3.63, 3.8) is 0 Å². The Labute approximate surface area is 653 Å². The first-order valence-corrected chi connectivity index (χ1v) is 38.4. The minimum atomic E-state index is 1.08. The Kier molecular flexibility index (Phi) is 18.4. The molecule has 0 unspecified atom stereocenters. The molecule has 0 bridgehead atoms. The Morgan fingerprint density at radius 2 is 0.402 bits per heavy atom. The zero-order valence-electron chi connectivity index (χ0n) is 61.7. The Morgan fingerprint density at radius 1 is 0.143 bits per heavy atom. The van der Waals surface area contributed by atoms with Crippen LogP contribution in [0.3, 0.4) is 0 Å². The summed E-state index contributed by atoms with van der Waals surface area (Å²) in [4.78, 5) is 4.87. The predicted octanol–water partition coefficient (Wildman–Crippen LogP) is 29.8. The van der Waals surface area contributed by atoms with E-state index in [0.717, 1.165) is 67.8 Å². The lowest BCUT2D eigenvalue weighted by Crippen LogP contribution is -2.12. The van der Waals surface area contributed by atoms with E-state index in [0.29, 0.717) is 0 Å². The predicted molar refractivity (Wildman–Crippen MR) is 474 cm³/mol. The quantitative estimate of drug-likeness (QED) is 0.0959. The zero-order valence-corrected chi connectivity index (χ0v) is 61.7. The van der Waals surface area contributed by atoms with Crippen LogP contribution < -0.4 is 9.80 Å². The molecule has 0 radical (unpaired) electrons. The van der Waals surface area contributed by atoms with Crippen molar-refractivity contribution in [2.45, 2.75) is 0 Å². The molecule has 4 nitrogen and oxygen atoms in total. The second-order valence-electron chi connectivity index (χ2n) is 28.3. The number of fused-ring (bicyclic) bond motifs is 6. The van der Waals surface area contributed by atoms with E-state index in [9.17, 15) is 0 Å². The van der Waals surface area contributed by atoms with E-state index in [-0.39, 0.29) is 0 Å². The van der Waals surface area contributed by atoms with Gasteiger partial charge in [-0.1, -0.05) is 358 Å². The van der Waals surface area contributed by atoms with Crippen LogP contribution in [-0.4, -0.2) is 9.13 Å². The fraction of sp³-hybridized carbons (Fsp3) is 0. The number of para-hydroxylation sites is 6. The maximum atomic E-state index is 2.44. The number of hydrogen-bond donors (Lipinski definition) is 0. The van der Waals surface area contributed by atoms with Crippen LogP contribution in [0.5, 0.6) is 0 Å². The van der Waals surface area contributed by atoms with Crippen molar-refractivity contribution < 1.29 is 0 Å². The average molecular weight is 1430 g/mol.